The molecule has 0 aliphatic heterocycles. The van der Waals surface area contributed by atoms with E-state index in [0.717, 1.165) is 26.1 Å². The minimum Gasteiger partial charge on any atom is -0.356 e. The van der Waals surface area contributed by atoms with Gasteiger partial charge in [0.2, 0.25) is 0 Å². The van der Waals surface area contributed by atoms with E-state index in [1.807, 2.05) is 0 Å². The molecule has 0 aromatic heterocycles. The van der Waals surface area contributed by atoms with E-state index < -0.39 is 0 Å². The van der Waals surface area contributed by atoms with Crippen molar-refractivity contribution in [1.29, 1.82) is 0 Å². The first-order valence-corrected chi connectivity index (χ1v) is 7.35. The maximum absolute atomic E-state index is 5.41. The van der Waals surface area contributed by atoms with E-state index >= 15 is 0 Å². The number of ether oxygens (including phenoxy) is 2. The molecular formula is C15H31LiO2. The Morgan fingerprint density at radius 1 is 0.778 bits per heavy atom. The van der Waals surface area contributed by atoms with Gasteiger partial charge in [-0.2, -0.15) is 13.3 Å². The zero-order valence-electron chi connectivity index (χ0n) is 12.9. The molecule has 0 aliphatic rings. The average molecular weight is 250 g/mol. The molecule has 0 bridgehead atoms. The Morgan fingerprint density at radius 2 is 1.33 bits per heavy atom. The van der Waals surface area contributed by atoms with Gasteiger partial charge in [0.05, 0.1) is 0 Å². The fourth-order valence-corrected chi connectivity index (χ4v) is 1.73. The van der Waals surface area contributed by atoms with Crippen LogP contribution in [0.4, 0.5) is 0 Å². The third-order valence-corrected chi connectivity index (χ3v) is 2.84. The number of unbranched alkanes of at least 4 members (excludes halogenated alkanes) is 8. The molecule has 0 saturated heterocycles. The van der Waals surface area contributed by atoms with Crippen molar-refractivity contribution < 1.29 is 28.3 Å². The molecule has 0 unspecified atom stereocenters. The van der Waals surface area contributed by atoms with Crippen LogP contribution in [0.3, 0.4) is 0 Å². The van der Waals surface area contributed by atoms with Crippen LogP contribution in [-0.2, 0) is 9.47 Å². The van der Waals surface area contributed by atoms with Crippen LogP contribution in [0.2, 0.25) is 0 Å². The third kappa shape index (κ3) is 18.9. The smallest absolute Gasteiger partial charge is 0.356 e. The van der Waals surface area contributed by atoms with Crippen LogP contribution in [0.25, 0.3) is 0 Å². The van der Waals surface area contributed by atoms with Gasteiger partial charge in [0.15, 0.2) is 0 Å². The van der Waals surface area contributed by atoms with Crippen LogP contribution in [0.1, 0.15) is 71.6 Å². The molecule has 0 aromatic carbocycles. The fraction of sp³-hybridized carbons (Fsp3) is 0.933. The van der Waals surface area contributed by atoms with Crippen molar-refractivity contribution in [2.45, 2.75) is 71.6 Å². The standard InChI is InChI=1S/C15H31O2.Li/c1-3-5-7-8-9-10-12-14-17-15-16-13-11-6-4-2;/h4H,3,5-15H2,1-2H3;/q-1;+1. The molecule has 0 spiro atoms. The largest absolute Gasteiger partial charge is 1.00 e. The van der Waals surface area contributed by atoms with Crippen LogP contribution in [-0.4, -0.2) is 20.0 Å². The Balaban J connectivity index is 0. The van der Waals surface area contributed by atoms with Gasteiger partial charge in [-0.25, -0.2) is 0 Å². The van der Waals surface area contributed by atoms with E-state index in [9.17, 15) is 0 Å². The van der Waals surface area contributed by atoms with Crippen molar-refractivity contribution >= 4 is 0 Å². The van der Waals surface area contributed by atoms with Crippen molar-refractivity contribution in [3.63, 3.8) is 0 Å². The van der Waals surface area contributed by atoms with Gasteiger partial charge in [-0.15, -0.1) is 0 Å². The van der Waals surface area contributed by atoms with E-state index in [1.165, 1.54) is 44.9 Å². The predicted octanol–water partition coefficient (Wildman–Crippen LogP) is 1.74. The summed E-state index contributed by atoms with van der Waals surface area (Å²) in [6, 6.07) is 0. The molecule has 3 heteroatoms. The number of hydrogen-bond acceptors (Lipinski definition) is 2. The van der Waals surface area contributed by atoms with Gasteiger partial charge < -0.3 is 15.9 Å². The molecule has 0 atom stereocenters. The molecule has 0 aliphatic carbocycles. The first-order chi connectivity index (χ1) is 8.41. The second kappa shape index (κ2) is 19.8. The molecule has 18 heavy (non-hydrogen) atoms. The maximum atomic E-state index is 5.41. The summed E-state index contributed by atoms with van der Waals surface area (Å²) >= 11 is 0. The van der Waals surface area contributed by atoms with Crippen molar-refractivity contribution in [3.05, 3.63) is 6.42 Å². The monoisotopic (exact) mass is 250 g/mol. The van der Waals surface area contributed by atoms with Crippen LogP contribution in [0.5, 0.6) is 0 Å². The Labute approximate surface area is 126 Å². The van der Waals surface area contributed by atoms with E-state index in [-0.39, 0.29) is 18.9 Å². The second-order valence-corrected chi connectivity index (χ2v) is 4.61. The second-order valence-electron chi connectivity index (χ2n) is 4.61. The molecule has 0 radical (unpaired) electrons. The van der Waals surface area contributed by atoms with Gasteiger partial charge in [0, 0.05) is 13.2 Å². The fourth-order valence-electron chi connectivity index (χ4n) is 1.73. The maximum Gasteiger partial charge on any atom is 1.00 e. The summed E-state index contributed by atoms with van der Waals surface area (Å²) in [5.74, 6) is 0. The molecule has 0 aromatic rings. The summed E-state index contributed by atoms with van der Waals surface area (Å²) in [5.41, 5.74) is 0. The van der Waals surface area contributed by atoms with E-state index in [4.69, 9.17) is 9.47 Å². The Kier molecular flexibility index (Phi) is 23.0. The van der Waals surface area contributed by atoms with Gasteiger partial charge in [0.25, 0.3) is 0 Å². The molecule has 2 nitrogen and oxygen atoms in total. The van der Waals surface area contributed by atoms with Gasteiger partial charge in [-0.3, -0.25) is 0 Å². The summed E-state index contributed by atoms with van der Waals surface area (Å²) in [6.07, 6.45) is 13.8. The Bertz CT molecular complexity index is 118. The first kappa shape index (κ1) is 20.8. The number of hydrogen-bond donors (Lipinski definition) is 0. The van der Waals surface area contributed by atoms with Gasteiger partial charge >= 0.3 is 18.9 Å². The van der Waals surface area contributed by atoms with Crippen molar-refractivity contribution in [1.82, 2.24) is 0 Å². The summed E-state index contributed by atoms with van der Waals surface area (Å²) in [5, 5.41) is 0. The molecule has 0 N–H and O–H groups in total. The topological polar surface area (TPSA) is 18.5 Å². The zero-order chi connectivity index (χ0) is 12.6. The SMILES string of the molecule is C[CH-]CCCOCOCCCCCCCCC.[Li+]. The summed E-state index contributed by atoms with van der Waals surface area (Å²) in [6.45, 7) is 6.48. The molecule has 104 valence electrons. The minimum atomic E-state index is 0. The van der Waals surface area contributed by atoms with Crippen LogP contribution in [0, 0.1) is 6.42 Å². The first-order valence-electron chi connectivity index (χ1n) is 7.35. The van der Waals surface area contributed by atoms with Gasteiger partial charge in [0.1, 0.15) is 6.79 Å². The molecular weight excluding hydrogens is 219 g/mol. The summed E-state index contributed by atoms with van der Waals surface area (Å²) in [4.78, 5) is 0. The normalized spacial score (nSPS) is 10.3. The van der Waals surface area contributed by atoms with Gasteiger partial charge in [-0.05, 0) is 6.42 Å². The van der Waals surface area contributed by atoms with Crippen molar-refractivity contribution in [3.8, 4) is 0 Å². The predicted molar refractivity (Wildman–Crippen MR) is 74.0 cm³/mol. The molecule has 0 heterocycles. The average Bonchev–Trinajstić information content (AvgIpc) is 2.35. The Hall–Kier alpha value is 0.517. The van der Waals surface area contributed by atoms with Crippen molar-refractivity contribution in [2.75, 3.05) is 20.0 Å². The molecule has 0 rings (SSSR count). The third-order valence-electron chi connectivity index (χ3n) is 2.84. The molecule has 0 amide bonds. The van der Waals surface area contributed by atoms with Crippen LogP contribution in [0.15, 0.2) is 0 Å². The summed E-state index contributed by atoms with van der Waals surface area (Å²) in [7, 11) is 0. The van der Waals surface area contributed by atoms with Crippen LogP contribution >= 0.6 is 0 Å². The molecule has 0 saturated carbocycles. The van der Waals surface area contributed by atoms with Crippen LogP contribution < -0.4 is 18.9 Å². The minimum absolute atomic E-state index is 0. The van der Waals surface area contributed by atoms with E-state index in [2.05, 4.69) is 20.3 Å². The van der Waals surface area contributed by atoms with E-state index in [1.54, 1.807) is 0 Å². The molecule has 0 fully saturated rings. The van der Waals surface area contributed by atoms with Gasteiger partial charge in [-0.1, -0.05) is 51.9 Å². The Morgan fingerprint density at radius 3 is 1.94 bits per heavy atom. The quantitative estimate of drug-likeness (QED) is 0.202. The summed E-state index contributed by atoms with van der Waals surface area (Å²) < 4.78 is 10.8. The zero-order valence-corrected chi connectivity index (χ0v) is 12.9. The van der Waals surface area contributed by atoms with Crippen molar-refractivity contribution in [2.24, 2.45) is 0 Å². The number of rotatable bonds is 14. The van der Waals surface area contributed by atoms with E-state index in [0.29, 0.717) is 6.79 Å².